The van der Waals surface area contributed by atoms with Gasteiger partial charge in [-0.2, -0.15) is 0 Å². The molecule has 1 rings (SSSR count). The first kappa shape index (κ1) is 38.9. The Morgan fingerprint density at radius 2 is 0.902 bits per heavy atom. The predicted molar refractivity (Wildman–Crippen MR) is 177 cm³/mol. The minimum absolute atomic E-state index is 0.0152. The van der Waals surface area contributed by atoms with Gasteiger partial charge in [-0.1, -0.05) is 156 Å². The Labute approximate surface area is 257 Å². The standard InChI is InChI=1S/C37H74O4/c1-5-9-13-17-19-23-27-33(25-21-15-11-7-3)30-39-36-32-40-35(29-38)37(36)41-31-34(26-22-16-12-8-4)28-24-20-18-14-10-6-2/h33-38H,5-32H2,1-4H3/t33?,34?,35-,36+,37+/m1/s1. The highest BCUT2D eigenvalue weighted by atomic mass is 16.6. The average molecular weight is 583 g/mol. The van der Waals surface area contributed by atoms with Crippen LogP contribution >= 0.6 is 0 Å². The van der Waals surface area contributed by atoms with Crippen molar-refractivity contribution in [2.24, 2.45) is 11.8 Å². The average Bonchev–Trinajstić information content (AvgIpc) is 3.39. The van der Waals surface area contributed by atoms with Crippen LogP contribution in [-0.2, 0) is 14.2 Å². The van der Waals surface area contributed by atoms with Crippen molar-refractivity contribution in [3.05, 3.63) is 0 Å². The van der Waals surface area contributed by atoms with E-state index in [1.165, 1.54) is 154 Å². The van der Waals surface area contributed by atoms with E-state index in [1.807, 2.05) is 0 Å². The van der Waals surface area contributed by atoms with Crippen molar-refractivity contribution in [2.45, 2.75) is 200 Å². The van der Waals surface area contributed by atoms with E-state index in [1.54, 1.807) is 0 Å². The minimum atomic E-state index is -0.253. The molecule has 1 fully saturated rings. The molecular weight excluding hydrogens is 508 g/mol. The number of aliphatic hydroxyl groups is 1. The largest absolute Gasteiger partial charge is 0.394 e. The summed E-state index contributed by atoms with van der Waals surface area (Å²) in [5.74, 6) is 1.24. The molecular formula is C37H74O4. The first-order valence-electron chi connectivity index (χ1n) is 18.7. The summed E-state index contributed by atoms with van der Waals surface area (Å²) in [6.07, 6.45) is 31.4. The van der Waals surface area contributed by atoms with Crippen LogP contribution in [0.5, 0.6) is 0 Å². The third-order valence-electron chi connectivity index (χ3n) is 9.32. The fourth-order valence-electron chi connectivity index (χ4n) is 6.44. The molecule has 0 saturated carbocycles. The van der Waals surface area contributed by atoms with Gasteiger partial charge in [-0.3, -0.25) is 0 Å². The molecule has 1 saturated heterocycles. The van der Waals surface area contributed by atoms with Crippen molar-refractivity contribution >= 4 is 0 Å². The van der Waals surface area contributed by atoms with E-state index >= 15 is 0 Å². The summed E-state index contributed by atoms with van der Waals surface area (Å²) in [6, 6.07) is 0. The Morgan fingerprint density at radius 1 is 0.537 bits per heavy atom. The fraction of sp³-hybridized carbons (Fsp3) is 1.00. The topological polar surface area (TPSA) is 47.9 Å². The number of unbranched alkanes of at least 4 members (excludes halogenated alkanes) is 16. The van der Waals surface area contributed by atoms with Gasteiger partial charge in [-0.05, 0) is 37.5 Å². The Hall–Kier alpha value is -0.160. The Bertz CT molecular complexity index is 527. The molecule has 0 aromatic heterocycles. The van der Waals surface area contributed by atoms with E-state index in [4.69, 9.17) is 14.2 Å². The molecule has 1 heterocycles. The highest BCUT2D eigenvalue weighted by Crippen LogP contribution is 2.27. The summed E-state index contributed by atoms with van der Waals surface area (Å²) in [7, 11) is 0. The molecule has 1 aliphatic rings. The van der Waals surface area contributed by atoms with Gasteiger partial charge in [-0.25, -0.2) is 0 Å². The second-order valence-electron chi connectivity index (χ2n) is 13.3. The summed E-state index contributed by atoms with van der Waals surface area (Å²) >= 11 is 0. The molecule has 2 unspecified atom stereocenters. The first-order chi connectivity index (χ1) is 20.2. The maximum atomic E-state index is 10.1. The zero-order valence-corrected chi connectivity index (χ0v) is 28.4. The van der Waals surface area contributed by atoms with Gasteiger partial charge in [-0.15, -0.1) is 0 Å². The lowest BCUT2D eigenvalue weighted by molar-refractivity contribution is -0.0866. The molecule has 4 heteroatoms. The van der Waals surface area contributed by atoms with Crippen molar-refractivity contribution in [3.8, 4) is 0 Å². The van der Waals surface area contributed by atoms with E-state index in [-0.39, 0.29) is 24.9 Å². The second kappa shape index (κ2) is 28.6. The van der Waals surface area contributed by atoms with Crippen molar-refractivity contribution < 1.29 is 19.3 Å². The third-order valence-corrected chi connectivity index (χ3v) is 9.32. The number of hydrogen-bond donors (Lipinski definition) is 1. The number of hydrogen-bond acceptors (Lipinski definition) is 4. The zero-order chi connectivity index (χ0) is 29.8. The van der Waals surface area contributed by atoms with Crippen molar-refractivity contribution in [2.75, 3.05) is 26.4 Å². The molecule has 4 nitrogen and oxygen atoms in total. The minimum Gasteiger partial charge on any atom is -0.394 e. The summed E-state index contributed by atoms with van der Waals surface area (Å²) in [4.78, 5) is 0. The van der Waals surface area contributed by atoms with Crippen LogP contribution in [-0.4, -0.2) is 49.8 Å². The van der Waals surface area contributed by atoms with Crippen LogP contribution in [0.4, 0.5) is 0 Å². The monoisotopic (exact) mass is 583 g/mol. The Morgan fingerprint density at radius 3 is 1.32 bits per heavy atom. The number of rotatable bonds is 31. The van der Waals surface area contributed by atoms with E-state index in [9.17, 15) is 5.11 Å². The Kier molecular flexibility index (Phi) is 27.1. The van der Waals surface area contributed by atoms with Crippen LogP contribution in [0.15, 0.2) is 0 Å². The highest BCUT2D eigenvalue weighted by molar-refractivity contribution is 4.86. The molecule has 0 aromatic carbocycles. The molecule has 1 aliphatic heterocycles. The molecule has 1 N–H and O–H groups in total. The molecule has 41 heavy (non-hydrogen) atoms. The zero-order valence-electron chi connectivity index (χ0n) is 28.4. The highest BCUT2D eigenvalue weighted by Gasteiger charge is 2.39. The predicted octanol–water partition coefficient (Wildman–Crippen LogP) is 10.8. The van der Waals surface area contributed by atoms with Crippen LogP contribution in [0.2, 0.25) is 0 Å². The van der Waals surface area contributed by atoms with Gasteiger partial charge in [0.25, 0.3) is 0 Å². The summed E-state index contributed by atoms with van der Waals surface area (Å²) in [6.45, 7) is 11.3. The summed E-state index contributed by atoms with van der Waals surface area (Å²) in [5, 5.41) is 10.1. The lowest BCUT2D eigenvalue weighted by Crippen LogP contribution is -2.38. The molecule has 0 aliphatic carbocycles. The smallest absolute Gasteiger partial charge is 0.114 e. The normalized spacial score (nSPS) is 20.6. The lowest BCUT2D eigenvalue weighted by atomic mass is 9.94. The number of ether oxygens (including phenoxy) is 3. The van der Waals surface area contributed by atoms with E-state index in [0.29, 0.717) is 18.4 Å². The van der Waals surface area contributed by atoms with Gasteiger partial charge < -0.3 is 19.3 Å². The van der Waals surface area contributed by atoms with E-state index < -0.39 is 0 Å². The van der Waals surface area contributed by atoms with Gasteiger partial charge in [0.15, 0.2) is 0 Å². The van der Waals surface area contributed by atoms with E-state index in [2.05, 4.69) is 27.7 Å². The maximum absolute atomic E-state index is 10.1. The van der Waals surface area contributed by atoms with Gasteiger partial charge in [0, 0.05) is 0 Å². The van der Waals surface area contributed by atoms with Crippen molar-refractivity contribution in [1.29, 1.82) is 0 Å². The van der Waals surface area contributed by atoms with E-state index in [0.717, 1.165) is 13.2 Å². The van der Waals surface area contributed by atoms with Gasteiger partial charge in [0.05, 0.1) is 26.4 Å². The SMILES string of the molecule is CCCCCCCCC(CCCCCC)CO[C@@H]1[C@@H](OCC(CCCCCC)CCCCCCCC)CO[C@@H]1CO. The molecule has 0 aromatic rings. The summed E-state index contributed by atoms with van der Waals surface area (Å²) in [5.41, 5.74) is 0. The first-order valence-corrected chi connectivity index (χ1v) is 18.7. The molecule has 5 atom stereocenters. The molecule has 246 valence electrons. The fourth-order valence-corrected chi connectivity index (χ4v) is 6.44. The second-order valence-corrected chi connectivity index (χ2v) is 13.3. The van der Waals surface area contributed by atoms with Crippen molar-refractivity contribution in [1.82, 2.24) is 0 Å². The van der Waals surface area contributed by atoms with Crippen LogP contribution in [0.1, 0.15) is 182 Å². The maximum Gasteiger partial charge on any atom is 0.114 e. The third kappa shape index (κ3) is 20.4. The van der Waals surface area contributed by atoms with Gasteiger partial charge in [0.1, 0.15) is 18.3 Å². The van der Waals surface area contributed by atoms with Gasteiger partial charge >= 0.3 is 0 Å². The lowest BCUT2D eigenvalue weighted by Gasteiger charge is -2.27. The van der Waals surface area contributed by atoms with Crippen LogP contribution in [0.25, 0.3) is 0 Å². The van der Waals surface area contributed by atoms with Crippen molar-refractivity contribution in [3.63, 3.8) is 0 Å². The van der Waals surface area contributed by atoms with Crippen LogP contribution in [0.3, 0.4) is 0 Å². The molecule has 0 bridgehead atoms. The van der Waals surface area contributed by atoms with Gasteiger partial charge in [0.2, 0.25) is 0 Å². The van der Waals surface area contributed by atoms with Crippen LogP contribution in [0, 0.1) is 11.8 Å². The molecule has 0 amide bonds. The van der Waals surface area contributed by atoms with Crippen LogP contribution < -0.4 is 0 Å². The molecule has 0 radical (unpaired) electrons. The quantitative estimate of drug-likeness (QED) is 0.0826. The molecule has 0 spiro atoms. The number of aliphatic hydroxyl groups excluding tert-OH is 1. The Balaban J connectivity index is 2.60. The summed E-state index contributed by atoms with van der Waals surface area (Å²) < 4.78 is 19.2.